The van der Waals surface area contributed by atoms with Crippen molar-refractivity contribution in [2.24, 2.45) is 5.41 Å². The van der Waals surface area contributed by atoms with Crippen LogP contribution >= 0.6 is 0 Å². The Morgan fingerprint density at radius 1 is 1.26 bits per heavy atom. The Hall–Kier alpha value is -2.14. The number of piperidine rings is 1. The summed E-state index contributed by atoms with van der Waals surface area (Å²) in [6, 6.07) is 7.55. The van der Waals surface area contributed by atoms with Crippen LogP contribution in [0.25, 0.3) is 10.9 Å². The Morgan fingerprint density at radius 3 is 2.70 bits per heavy atom. The van der Waals surface area contributed by atoms with Gasteiger partial charge in [0, 0.05) is 17.4 Å². The van der Waals surface area contributed by atoms with Crippen molar-refractivity contribution in [3.63, 3.8) is 0 Å². The number of H-pyrrole nitrogens is 1. The van der Waals surface area contributed by atoms with Gasteiger partial charge in [0.1, 0.15) is 5.56 Å². The molecule has 1 amide bonds. The number of hydrogen-bond donors (Lipinski definition) is 3. The van der Waals surface area contributed by atoms with E-state index in [2.05, 4.69) is 22.5 Å². The van der Waals surface area contributed by atoms with Gasteiger partial charge in [-0.15, -0.1) is 0 Å². The molecule has 5 heteroatoms. The molecule has 1 aromatic heterocycles. The van der Waals surface area contributed by atoms with E-state index in [9.17, 15) is 9.59 Å². The molecule has 0 saturated carbocycles. The van der Waals surface area contributed by atoms with Crippen LogP contribution in [0.5, 0.6) is 0 Å². The molecule has 3 rings (SSSR count). The Morgan fingerprint density at radius 2 is 1.96 bits per heavy atom. The van der Waals surface area contributed by atoms with Gasteiger partial charge >= 0.3 is 0 Å². The SMILES string of the molecule is Cc1c(C(=O)NCC2(C)CCNCC2)c(=O)[nH]c2ccccc12. The minimum Gasteiger partial charge on any atom is -0.351 e. The third kappa shape index (κ3) is 3.15. The van der Waals surface area contributed by atoms with E-state index < -0.39 is 0 Å². The lowest BCUT2D eigenvalue weighted by molar-refractivity contribution is 0.0920. The highest BCUT2D eigenvalue weighted by Gasteiger charge is 2.28. The molecule has 1 aliphatic rings. The minimum absolute atomic E-state index is 0.0957. The van der Waals surface area contributed by atoms with Gasteiger partial charge in [-0.1, -0.05) is 25.1 Å². The van der Waals surface area contributed by atoms with E-state index in [-0.39, 0.29) is 22.4 Å². The van der Waals surface area contributed by atoms with Crippen molar-refractivity contribution in [3.8, 4) is 0 Å². The Balaban J connectivity index is 1.85. The summed E-state index contributed by atoms with van der Waals surface area (Å²) in [7, 11) is 0. The van der Waals surface area contributed by atoms with E-state index in [4.69, 9.17) is 0 Å². The number of carbonyl (C=O) groups is 1. The maximum atomic E-state index is 12.6. The fourth-order valence-corrected chi connectivity index (χ4v) is 3.27. The molecule has 0 spiro atoms. The molecule has 0 unspecified atom stereocenters. The zero-order chi connectivity index (χ0) is 16.4. The fraction of sp³-hybridized carbons (Fsp3) is 0.444. The highest BCUT2D eigenvalue weighted by Crippen LogP contribution is 2.27. The maximum Gasteiger partial charge on any atom is 0.261 e. The van der Waals surface area contributed by atoms with Crippen LogP contribution < -0.4 is 16.2 Å². The smallest absolute Gasteiger partial charge is 0.261 e. The second kappa shape index (κ2) is 6.16. The molecule has 2 heterocycles. The molecule has 1 aromatic carbocycles. The number of carbonyl (C=O) groups excluding carboxylic acids is 1. The molecule has 1 saturated heterocycles. The normalized spacial score (nSPS) is 17.1. The number of pyridine rings is 1. The topological polar surface area (TPSA) is 74.0 Å². The third-order valence-electron chi connectivity index (χ3n) is 4.89. The van der Waals surface area contributed by atoms with Crippen LogP contribution in [0.3, 0.4) is 0 Å². The van der Waals surface area contributed by atoms with Gasteiger partial charge in [-0.05, 0) is 49.9 Å². The predicted octanol–water partition coefficient (Wildman–Crippen LogP) is 1.96. The number of aryl methyl sites for hydroxylation is 1. The van der Waals surface area contributed by atoms with E-state index >= 15 is 0 Å². The predicted molar refractivity (Wildman–Crippen MR) is 91.8 cm³/mol. The number of aromatic amines is 1. The molecule has 0 atom stereocenters. The summed E-state index contributed by atoms with van der Waals surface area (Å²) in [6.07, 6.45) is 2.06. The number of rotatable bonds is 3. The first-order chi connectivity index (χ1) is 11.0. The van der Waals surface area contributed by atoms with Crippen LogP contribution in [0.2, 0.25) is 0 Å². The summed E-state index contributed by atoms with van der Waals surface area (Å²) in [5.74, 6) is -0.283. The molecular weight excluding hydrogens is 290 g/mol. The summed E-state index contributed by atoms with van der Waals surface area (Å²) < 4.78 is 0. The number of aromatic nitrogens is 1. The number of hydrogen-bond acceptors (Lipinski definition) is 3. The van der Waals surface area contributed by atoms with Gasteiger partial charge in [0.05, 0.1) is 0 Å². The molecule has 5 nitrogen and oxygen atoms in total. The van der Waals surface area contributed by atoms with Gasteiger partial charge in [0.2, 0.25) is 0 Å². The van der Waals surface area contributed by atoms with E-state index in [1.807, 2.05) is 31.2 Å². The molecular formula is C18H23N3O2. The molecule has 0 radical (unpaired) electrons. The number of benzene rings is 1. The van der Waals surface area contributed by atoms with Gasteiger partial charge in [0.15, 0.2) is 0 Å². The molecule has 0 aliphatic carbocycles. The van der Waals surface area contributed by atoms with Crippen molar-refractivity contribution in [1.82, 2.24) is 15.6 Å². The van der Waals surface area contributed by atoms with Crippen molar-refractivity contribution in [2.45, 2.75) is 26.7 Å². The zero-order valence-corrected chi connectivity index (χ0v) is 13.7. The summed E-state index contributed by atoms with van der Waals surface area (Å²) >= 11 is 0. The van der Waals surface area contributed by atoms with Crippen LogP contribution in [0.4, 0.5) is 0 Å². The van der Waals surface area contributed by atoms with E-state index in [1.54, 1.807) is 0 Å². The average molecular weight is 313 g/mol. The van der Waals surface area contributed by atoms with Crippen molar-refractivity contribution < 1.29 is 4.79 Å². The maximum absolute atomic E-state index is 12.6. The zero-order valence-electron chi connectivity index (χ0n) is 13.7. The van der Waals surface area contributed by atoms with Gasteiger partial charge in [-0.25, -0.2) is 0 Å². The van der Waals surface area contributed by atoms with Crippen LogP contribution in [0, 0.1) is 12.3 Å². The van der Waals surface area contributed by atoms with E-state index in [0.717, 1.165) is 42.4 Å². The quantitative estimate of drug-likeness (QED) is 0.811. The first-order valence-corrected chi connectivity index (χ1v) is 8.11. The number of amides is 1. The highest BCUT2D eigenvalue weighted by molar-refractivity contribution is 5.99. The highest BCUT2D eigenvalue weighted by atomic mass is 16.2. The van der Waals surface area contributed by atoms with Crippen molar-refractivity contribution in [2.75, 3.05) is 19.6 Å². The largest absolute Gasteiger partial charge is 0.351 e. The Kier molecular flexibility index (Phi) is 4.22. The second-order valence-corrected chi connectivity index (χ2v) is 6.74. The van der Waals surface area contributed by atoms with Crippen molar-refractivity contribution >= 4 is 16.8 Å². The van der Waals surface area contributed by atoms with Gasteiger partial charge in [0.25, 0.3) is 11.5 Å². The van der Waals surface area contributed by atoms with Crippen LogP contribution in [-0.4, -0.2) is 30.5 Å². The van der Waals surface area contributed by atoms with Gasteiger partial charge in [-0.3, -0.25) is 9.59 Å². The second-order valence-electron chi connectivity index (χ2n) is 6.74. The molecule has 23 heavy (non-hydrogen) atoms. The monoisotopic (exact) mass is 313 g/mol. The van der Waals surface area contributed by atoms with Crippen molar-refractivity contribution in [1.29, 1.82) is 0 Å². The summed E-state index contributed by atoms with van der Waals surface area (Å²) in [6.45, 7) is 6.56. The standard InChI is InChI=1S/C18H23N3O2/c1-12-13-5-3-4-6-14(13)21-17(23)15(12)16(22)20-11-18(2)7-9-19-10-8-18/h3-6,19H,7-11H2,1-2H3,(H,20,22)(H,21,23). The number of para-hydroxylation sites is 1. The molecule has 1 fully saturated rings. The third-order valence-corrected chi connectivity index (χ3v) is 4.89. The summed E-state index contributed by atoms with van der Waals surface area (Å²) in [5, 5.41) is 7.21. The number of nitrogens with one attached hydrogen (secondary N) is 3. The molecule has 122 valence electrons. The van der Waals surface area contributed by atoms with Crippen molar-refractivity contribution in [3.05, 3.63) is 45.7 Å². The lowest BCUT2D eigenvalue weighted by Crippen LogP contribution is -2.43. The summed E-state index contributed by atoms with van der Waals surface area (Å²) in [4.78, 5) is 27.7. The molecule has 0 bridgehead atoms. The van der Waals surface area contributed by atoms with E-state index in [1.165, 1.54) is 0 Å². The first kappa shape index (κ1) is 15.7. The molecule has 2 aromatic rings. The minimum atomic E-state index is -0.325. The van der Waals surface area contributed by atoms with Gasteiger partial charge < -0.3 is 15.6 Å². The van der Waals surface area contributed by atoms with Gasteiger partial charge in [-0.2, -0.15) is 0 Å². The Bertz CT molecular complexity index is 788. The molecule has 3 N–H and O–H groups in total. The lowest BCUT2D eigenvalue weighted by Gasteiger charge is -2.34. The average Bonchev–Trinajstić information content (AvgIpc) is 2.54. The summed E-state index contributed by atoms with van der Waals surface area (Å²) in [5.41, 5.74) is 1.49. The lowest BCUT2D eigenvalue weighted by atomic mass is 9.81. The van der Waals surface area contributed by atoms with Crippen LogP contribution in [-0.2, 0) is 0 Å². The van der Waals surface area contributed by atoms with Crippen LogP contribution in [0.1, 0.15) is 35.7 Å². The van der Waals surface area contributed by atoms with E-state index in [0.29, 0.717) is 6.54 Å². The Labute approximate surface area is 135 Å². The molecule has 1 aliphatic heterocycles. The van der Waals surface area contributed by atoms with Crippen LogP contribution in [0.15, 0.2) is 29.1 Å². The first-order valence-electron chi connectivity index (χ1n) is 8.11. The number of fused-ring (bicyclic) bond motifs is 1. The fourth-order valence-electron chi connectivity index (χ4n) is 3.27.